The van der Waals surface area contributed by atoms with E-state index in [1.165, 1.54) is 12.1 Å². The van der Waals surface area contributed by atoms with Gasteiger partial charge in [0.1, 0.15) is 0 Å². The molecule has 94 valence electrons. The highest BCUT2D eigenvalue weighted by Gasteiger charge is 2.20. The molecule has 0 atom stereocenters. The van der Waals surface area contributed by atoms with E-state index in [4.69, 9.17) is 11.6 Å². The van der Waals surface area contributed by atoms with E-state index in [9.17, 15) is 10.1 Å². The van der Waals surface area contributed by atoms with Crippen molar-refractivity contribution in [2.45, 2.75) is 39.2 Å². The molecule has 0 radical (unpaired) electrons. The predicted molar refractivity (Wildman–Crippen MR) is 70.7 cm³/mol. The Kier molecular flexibility index (Phi) is 4.34. The summed E-state index contributed by atoms with van der Waals surface area (Å²) in [5.41, 5.74) is 0.707. The van der Waals surface area contributed by atoms with Gasteiger partial charge in [-0.3, -0.25) is 10.1 Å². The van der Waals surface area contributed by atoms with E-state index in [1.54, 1.807) is 6.07 Å². The quantitative estimate of drug-likeness (QED) is 0.633. The lowest BCUT2D eigenvalue weighted by Gasteiger charge is -2.30. The normalized spacial score (nSPS) is 11.3. The molecule has 0 aliphatic rings. The van der Waals surface area contributed by atoms with Crippen molar-refractivity contribution in [2.24, 2.45) is 0 Å². The van der Waals surface area contributed by atoms with Crippen LogP contribution in [-0.2, 0) is 0 Å². The lowest BCUT2D eigenvalue weighted by Crippen LogP contribution is -2.33. The van der Waals surface area contributed by atoms with Crippen LogP contribution in [0.2, 0.25) is 5.02 Å². The lowest BCUT2D eigenvalue weighted by molar-refractivity contribution is -0.384. The molecule has 1 aromatic carbocycles. The number of nitrogens with zero attached hydrogens (tertiary/aromatic N) is 1. The monoisotopic (exact) mass is 256 g/mol. The number of nitro groups is 1. The fraction of sp³-hybridized carbons (Fsp3) is 0.500. The van der Waals surface area contributed by atoms with Crippen molar-refractivity contribution in [3.63, 3.8) is 0 Å². The van der Waals surface area contributed by atoms with Gasteiger partial charge in [-0.15, -0.1) is 0 Å². The number of nitro benzene ring substituents is 1. The highest BCUT2D eigenvalue weighted by atomic mass is 35.5. The molecule has 5 heteroatoms. The Hall–Kier alpha value is -1.29. The van der Waals surface area contributed by atoms with Crippen LogP contribution in [0.5, 0.6) is 0 Å². The molecule has 4 nitrogen and oxygen atoms in total. The second-order valence-corrected chi connectivity index (χ2v) is 4.72. The van der Waals surface area contributed by atoms with E-state index in [0.717, 1.165) is 18.5 Å². The van der Waals surface area contributed by atoms with Crippen LogP contribution in [0.1, 0.15) is 33.6 Å². The molecule has 0 saturated heterocycles. The first-order valence-electron chi connectivity index (χ1n) is 5.64. The Labute approximate surface area is 106 Å². The molecule has 0 heterocycles. The van der Waals surface area contributed by atoms with Gasteiger partial charge in [0.05, 0.1) is 15.6 Å². The SMILES string of the molecule is CCC(C)(CC)Nc1ccc([N+](=O)[O-])cc1Cl. The number of rotatable bonds is 5. The van der Waals surface area contributed by atoms with E-state index in [2.05, 4.69) is 26.1 Å². The van der Waals surface area contributed by atoms with Crippen molar-refractivity contribution in [3.05, 3.63) is 33.3 Å². The van der Waals surface area contributed by atoms with E-state index >= 15 is 0 Å². The number of hydrogen-bond acceptors (Lipinski definition) is 3. The molecule has 1 N–H and O–H groups in total. The molecular formula is C12H17ClN2O2. The van der Waals surface area contributed by atoms with E-state index in [1.807, 2.05) is 0 Å². The Balaban J connectivity index is 2.97. The topological polar surface area (TPSA) is 55.2 Å². The molecular weight excluding hydrogens is 240 g/mol. The molecule has 0 amide bonds. The highest BCUT2D eigenvalue weighted by molar-refractivity contribution is 6.33. The van der Waals surface area contributed by atoms with E-state index < -0.39 is 4.92 Å². The zero-order valence-electron chi connectivity index (χ0n) is 10.3. The summed E-state index contributed by atoms with van der Waals surface area (Å²) in [5.74, 6) is 0. The fourth-order valence-corrected chi connectivity index (χ4v) is 1.69. The average molecular weight is 257 g/mol. The Morgan fingerprint density at radius 1 is 1.41 bits per heavy atom. The zero-order valence-corrected chi connectivity index (χ0v) is 11.0. The van der Waals surface area contributed by atoms with Crippen LogP contribution in [0.3, 0.4) is 0 Å². The summed E-state index contributed by atoms with van der Waals surface area (Å²) in [6.45, 7) is 6.29. The number of anilines is 1. The molecule has 1 rings (SSSR count). The Morgan fingerprint density at radius 2 is 2.00 bits per heavy atom. The van der Waals surface area contributed by atoms with Gasteiger partial charge < -0.3 is 5.32 Å². The van der Waals surface area contributed by atoms with E-state index in [0.29, 0.717) is 5.02 Å². The first-order valence-corrected chi connectivity index (χ1v) is 6.02. The van der Waals surface area contributed by atoms with Crippen LogP contribution in [0.4, 0.5) is 11.4 Å². The van der Waals surface area contributed by atoms with Gasteiger partial charge in [0.2, 0.25) is 0 Å². The van der Waals surface area contributed by atoms with Gasteiger partial charge in [-0.2, -0.15) is 0 Å². The van der Waals surface area contributed by atoms with Crippen LogP contribution in [0.25, 0.3) is 0 Å². The Morgan fingerprint density at radius 3 is 2.41 bits per heavy atom. The van der Waals surface area contributed by atoms with Crippen LogP contribution >= 0.6 is 11.6 Å². The van der Waals surface area contributed by atoms with Crippen LogP contribution in [0, 0.1) is 10.1 Å². The summed E-state index contributed by atoms with van der Waals surface area (Å²) in [6.07, 6.45) is 1.91. The maximum atomic E-state index is 10.6. The summed E-state index contributed by atoms with van der Waals surface area (Å²) in [4.78, 5) is 10.1. The molecule has 1 aromatic rings. The molecule has 17 heavy (non-hydrogen) atoms. The van der Waals surface area contributed by atoms with Crippen molar-refractivity contribution in [3.8, 4) is 0 Å². The van der Waals surface area contributed by atoms with Crippen LogP contribution in [0.15, 0.2) is 18.2 Å². The predicted octanol–water partition coefficient (Wildman–Crippen LogP) is 4.24. The standard InChI is InChI=1S/C12H17ClN2O2/c1-4-12(3,5-2)14-11-7-6-9(15(16)17)8-10(11)13/h6-8,14H,4-5H2,1-3H3. The van der Waals surface area contributed by atoms with Crippen LogP contribution < -0.4 is 5.32 Å². The molecule has 0 saturated carbocycles. The maximum Gasteiger partial charge on any atom is 0.271 e. The minimum Gasteiger partial charge on any atom is -0.379 e. The third-order valence-electron chi connectivity index (χ3n) is 3.16. The summed E-state index contributed by atoms with van der Waals surface area (Å²) in [7, 11) is 0. The molecule has 0 unspecified atom stereocenters. The van der Waals surface area contributed by atoms with Gasteiger partial charge in [0.25, 0.3) is 5.69 Å². The number of non-ortho nitro benzene ring substituents is 1. The van der Waals surface area contributed by atoms with Crippen molar-refractivity contribution < 1.29 is 4.92 Å². The summed E-state index contributed by atoms with van der Waals surface area (Å²) in [5, 5.41) is 14.3. The second-order valence-electron chi connectivity index (χ2n) is 4.31. The molecule has 0 fully saturated rings. The molecule has 0 spiro atoms. The van der Waals surface area contributed by atoms with Gasteiger partial charge in [-0.25, -0.2) is 0 Å². The van der Waals surface area contributed by atoms with Crippen molar-refractivity contribution in [1.29, 1.82) is 0 Å². The van der Waals surface area contributed by atoms with Gasteiger partial charge >= 0.3 is 0 Å². The largest absolute Gasteiger partial charge is 0.379 e. The van der Waals surface area contributed by atoms with Gasteiger partial charge in [0.15, 0.2) is 0 Å². The van der Waals surface area contributed by atoms with Crippen molar-refractivity contribution in [2.75, 3.05) is 5.32 Å². The van der Waals surface area contributed by atoms with Crippen molar-refractivity contribution >= 4 is 23.0 Å². The molecule has 0 aliphatic heterocycles. The smallest absolute Gasteiger partial charge is 0.271 e. The lowest BCUT2D eigenvalue weighted by atomic mass is 9.95. The first kappa shape index (κ1) is 13.8. The maximum absolute atomic E-state index is 10.6. The zero-order chi connectivity index (χ0) is 13.1. The average Bonchev–Trinajstić information content (AvgIpc) is 2.31. The minimum atomic E-state index is -0.450. The number of hydrogen-bond donors (Lipinski definition) is 1. The minimum absolute atomic E-state index is 0.00949. The molecule has 0 aromatic heterocycles. The molecule has 0 bridgehead atoms. The number of nitrogens with one attached hydrogen (secondary N) is 1. The number of benzene rings is 1. The summed E-state index contributed by atoms with van der Waals surface area (Å²) >= 11 is 6.03. The fourth-order valence-electron chi connectivity index (χ4n) is 1.47. The van der Waals surface area contributed by atoms with Gasteiger partial charge in [0, 0.05) is 17.7 Å². The third kappa shape index (κ3) is 3.33. The third-order valence-corrected chi connectivity index (χ3v) is 3.47. The highest BCUT2D eigenvalue weighted by Crippen LogP contribution is 2.30. The summed E-state index contributed by atoms with van der Waals surface area (Å²) < 4.78 is 0. The van der Waals surface area contributed by atoms with Crippen LogP contribution in [-0.4, -0.2) is 10.5 Å². The first-order chi connectivity index (χ1) is 7.91. The van der Waals surface area contributed by atoms with Crippen molar-refractivity contribution in [1.82, 2.24) is 0 Å². The number of halogens is 1. The van der Waals surface area contributed by atoms with Gasteiger partial charge in [-0.1, -0.05) is 25.4 Å². The molecule has 0 aliphatic carbocycles. The summed E-state index contributed by atoms with van der Waals surface area (Å²) in [6, 6.07) is 4.49. The van der Waals surface area contributed by atoms with Gasteiger partial charge in [-0.05, 0) is 25.8 Å². The second kappa shape index (κ2) is 5.36. The Bertz CT molecular complexity index is 417. The van der Waals surface area contributed by atoms with E-state index in [-0.39, 0.29) is 11.2 Å².